The van der Waals surface area contributed by atoms with Crippen LogP contribution in [-0.2, 0) is 11.2 Å². The van der Waals surface area contributed by atoms with Crippen LogP contribution in [-0.4, -0.2) is 55.8 Å². The summed E-state index contributed by atoms with van der Waals surface area (Å²) in [5.74, 6) is 0.771. The average molecular weight is 283 g/mol. The van der Waals surface area contributed by atoms with Crippen LogP contribution in [0.2, 0.25) is 0 Å². The third-order valence-electron chi connectivity index (χ3n) is 2.81. The van der Waals surface area contributed by atoms with Gasteiger partial charge in [0.25, 0.3) is 0 Å². The molecule has 114 valence electrons. The van der Waals surface area contributed by atoms with Gasteiger partial charge in [-0.3, -0.25) is 0 Å². The number of ether oxygens (including phenoxy) is 2. The van der Waals surface area contributed by atoms with Crippen LogP contribution in [0.1, 0.15) is 12.5 Å². The Labute approximate surface area is 120 Å². The summed E-state index contributed by atoms with van der Waals surface area (Å²) in [5, 5.41) is 21.3. The van der Waals surface area contributed by atoms with Gasteiger partial charge in [0.15, 0.2) is 0 Å². The SMILES string of the molecule is CCc1ccc(OCC(O)CNCCOCCO)cc1. The second-order valence-corrected chi connectivity index (χ2v) is 4.50. The zero-order chi connectivity index (χ0) is 14.6. The summed E-state index contributed by atoms with van der Waals surface area (Å²) in [6.45, 7) is 4.37. The molecule has 5 heteroatoms. The quantitative estimate of drug-likeness (QED) is 0.518. The van der Waals surface area contributed by atoms with Crippen LogP contribution >= 0.6 is 0 Å². The number of hydrogen-bond acceptors (Lipinski definition) is 5. The molecule has 0 aliphatic carbocycles. The van der Waals surface area contributed by atoms with Gasteiger partial charge in [-0.15, -0.1) is 0 Å². The van der Waals surface area contributed by atoms with Crippen molar-refractivity contribution >= 4 is 0 Å². The summed E-state index contributed by atoms with van der Waals surface area (Å²) < 4.78 is 10.6. The smallest absolute Gasteiger partial charge is 0.119 e. The van der Waals surface area contributed by atoms with Crippen molar-refractivity contribution in [3.8, 4) is 5.75 Å². The second kappa shape index (κ2) is 10.6. The van der Waals surface area contributed by atoms with Crippen LogP contribution in [0, 0.1) is 0 Å². The standard InChI is InChI=1S/C15H25NO4/c1-2-13-3-5-15(6-4-13)20-12-14(18)11-16-7-9-19-10-8-17/h3-6,14,16-18H,2,7-12H2,1H3. The van der Waals surface area contributed by atoms with Gasteiger partial charge in [0, 0.05) is 13.1 Å². The van der Waals surface area contributed by atoms with Gasteiger partial charge in [0.2, 0.25) is 0 Å². The van der Waals surface area contributed by atoms with E-state index in [1.807, 2.05) is 24.3 Å². The van der Waals surface area contributed by atoms with Crippen LogP contribution in [0.15, 0.2) is 24.3 Å². The lowest BCUT2D eigenvalue weighted by molar-refractivity contribution is 0.0842. The molecule has 1 aromatic rings. The van der Waals surface area contributed by atoms with E-state index in [2.05, 4.69) is 12.2 Å². The summed E-state index contributed by atoms with van der Waals surface area (Å²) in [6.07, 6.45) is 0.448. The zero-order valence-electron chi connectivity index (χ0n) is 12.0. The van der Waals surface area contributed by atoms with Gasteiger partial charge in [-0.1, -0.05) is 19.1 Å². The van der Waals surface area contributed by atoms with Gasteiger partial charge < -0.3 is 25.0 Å². The van der Waals surface area contributed by atoms with Gasteiger partial charge in [0.1, 0.15) is 18.5 Å². The molecule has 0 spiro atoms. The first-order valence-corrected chi connectivity index (χ1v) is 7.05. The van der Waals surface area contributed by atoms with Crippen molar-refractivity contribution in [1.82, 2.24) is 5.32 Å². The summed E-state index contributed by atoms with van der Waals surface area (Å²) in [4.78, 5) is 0. The van der Waals surface area contributed by atoms with E-state index in [1.165, 1.54) is 5.56 Å². The maximum Gasteiger partial charge on any atom is 0.119 e. The van der Waals surface area contributed by atoms with E-state index in [0.717, 1.165) is 12.2 Å². The lowest BCUT2D eigenvalue weighted by Crippen LogP contribution is -2.33. The number of aliphatic hydroxyl groups excluding tert-OH is 2. The van der Waals surface area contributed by atoms with Crippen LogP contribution < -0.4 is 10.1 Å². The first kappa shape index (κ1) is 16.9. The topological polar surface area (TPSA) is 71.0 Å². The molecule has 20 heavy (non-hydrogen) atoms. The van der Waals surface area contributed by atoms with E-state index in [1.54, 1.807) is 0 Å². The Morgan fingerprint density at radius 1 is 1.20 bits per heavy atom. The highest BCUT2D eigenvalue weighted by Gasteiger charge is 2.04. The molecule has 0 bridgehead atoms. The summed E-state index contributed by atoms with van der Waals surface area (Å²) >= 11 is 0. The molecule has 0 aliphatic rings. The molecular weight excluding hydrogens is 258 g/mol. The molecule has 0 aliphatic heterocycles. The highest BCUT2D eigenvalue weighted by atomic mass is 16.5. The summed E-state index contributed by atoms with van der Waals surface area (Å²) in [5.41, 5.74) is 1.27. The third-order valence-corrected chi connectivity index (χ3v) is 2.81. The number of nitrogens with one attached hydrogen (secondary N) is 1. The van der Waals surface area contributed by atoms with Crippen molar-refractivity contribution < 1.29 is 19.7 Å². The monoisotopic (exact) mass is 283 g/mol. The number of benzene rings is 1. The van der Waals surface area contributed by atoms with Gasteiger partial charge >= 0.3 is 0 Å². The van der Waals surface area contributed by atoms with Crippen LogP contribution in [0.25, 0.3) is 0 Å². The largest absolute Gasteiger partial charge is 0.491 e. The molecule has 1 atom stereocenters. The molecular formula is C15H25NO4. The minimum atomic E-state index is -0.557. The van der Waals surface area contributed by atoms with E-state index in [9.17, 15) is 5.11 Å². The van der Waals surface area contributed by atoms with Crippen molar-refractivity contribution in [3.05, 3.63) is 29.8 Å². The molecule has 0 heterocycles. The Bertz CT molecular complexity index is 342. The Morgan fingerprint density at radius 3 is 2.60 bits per heavy atom. The van der Waals surface area contributed by atoms with Crippen molar-refractivity contribution in [2.45, 2.75) is 19.4 Å². The van der Waals surface area contributed by atoms with E-state index < -0.39 is 6.10 Å². The number of rotatable bonds is 11. The van der Waals surface area contributed by atoms with Gasteiger partial charge in [-0.2, -0.15) is 0 Å². The highest BCUT2D eigenvalue weighted by molar-refractivity contribution is 5.27. The van der Waals surface area contributed by atoms with E-state index >= 15 is 0 Å². The predicted octanol–water partition coefficient (Wildman–Crippen LogP) is 0.587. The number of aliphatic hydroxyl groups is 2. The molecule has 0 saturated carbocycles. The molecule has 0 fully saturated rings. The fourth-order valence-corrected chi connectivity index (χ4v) is 1.65. The van der Waals surface area contributed by atoms with E-state index in [4.69, 9.17) is 14.6 Å². The minimum absolute atomic E-state index is 0.0350. The lowest BCUT2D eigenvalue weighted by atomic mass is 10.2. The fraction of sp³-hybridized carbons (Fsp3) is 0.600. The van der Waals surface area contributed by atoms with Gasteiger partial charge in [0.05, 0.1) is 19.8 Å². The van der Waals surface area contributed by atoms with Crippen LogP contribution in [0.3, 0.4) is 0 Å². The first-order valence-electron chi connectivity index (χ1n) is 7.05. The predicted molar refractivity (Wildman–Crippen MR) is 78.1 cm³/mol. The zero-order valence-corrected chi connectivity index (χ0v) is 12.0. The molecule has 0 amide bonds. The van der Waals surface area contributed by atoms with E-state index in [-0.39, 0.29) is 13.2 Å². The maximum absolute atomic E-state index is 9.75. The Morgan fingerprint density at radius 2 is 1.95 bits per heavy atom. The summed E-state index contributed by atoms with van der Waals surface area (Å²) in [6, 6.07) is 7.89. The van der Waals surface area contributed by atoms with Crippen molar-refractivity contribution in [2.75, 3.05) is 39.5 Å². The van der Waals surface area contributed by atoms with Crippen LogP contribution in [0.4, 0.5) is 0 Å². The number of aryl methyl sites for hydroxylation is 1. The first-order chi connectivity index (χ1) is 9.76. The van der Waals surface area contributed by atoms with Crippen molar-refractivity contribution in [1.29, 1.82) is 0 Å². The molecule has 3 N–H and O–H groups in total. The van der Waals surface area contributed by atoms with Gasteiger partial charge in [-0.25, -0.2) is 0 Å². The average Bonchev–Trinajstić information content (AvgIpc) is 2.49. The van der Waals surface area contributed by atoms with Crippen LogP contribution in [0.5, 0.6) is 5.75 Å². The molecule has 5 nitrogen and oxygen atoms in total. The van der Waals surface area contributed by atoms with Crippen molar-refractivity contribution in [2.24, 2.45) is 0 Å². The molecule has 0 saturated heterocycles. The normalized spacial score (nSPS) is 12.3. The maximum atomic E-state index is 9.75. The Kier molecular flexibility index (Phi) is 8.98. The Balaban J connectivity index is 2.08. The third kappa shape index (κ3) is 7.45. The van der Waals surface area contributed by atoms with Gasteiger partial charge in [-0.05, 0) is 24.1 Å². The molecule has 1 rings (SSSR count). The molecule has 1 unspecified atom stereocenters. The van der Waals surface area contributed by atoms with Crippen molar-refractivity contribution in [3.63, 3.8) is 0 Å². The second-order valence-electron chi connectivity index (χ2n) is 4.50. The number of hydrogen-bond donors (Lipinski definition) is 3. The molecule has 0 radical (unpaired) electrons. The molecule has 0 aromatic heterocycles. The highest BCUT2D eigenvalue weighted by Crippen LogP contribution is 2.12. The molecule has 1 aromatic carbocycles. The fourth-order valence-electron chi connectivity index (χ4n) is 1.65. The lowest BCUT2D eigenvalue weighted by Gasteiger charge is -2.13. The van der Waals surface area contributed by atoms with E-state index in [0.29, 0.717) is 26.3 Å². The Hall–Kier alpha value is -1.14. The minimum Gasteiger partial charge on any atom is -0.491 e. The summed E-state index contributed by atoms with van der Waals surface area (Å²) in [7, 11) is 0.